The van der Waals surface area contributed by atoms with Gasteiger partial charge < -0.3 is 14.8 Å². The number of rotatable bonds is 12. The van der Waals surface area contributed by atoms with Gasteiger partial charge in [0.25, 0.3) is 0 Å². The molecule has 0 atom stereocenters. The number of hydrogen-bond donors (Lipinski definition) is 1. The first-order chi connectivity index (χ1) is 12.7. The average molecular weight is 376 g/mol. The van der Waals surface area contributed by atoms with Gasteiger partial charge in [-0.3, -0.25) is 0 Å². The van der Waals surface area contributed by atoms with Crippen LogP contribution in [0, 0.1) is 0 Å². The molecule has 0 aromatic heterocycles. The van der Waals surface area contributed by atoms with Crippen molar-refractivity contribution in [1.29, 1.82) is 0 Å². The summed E-state index contributed by atoms with van der Waals surface area (Å²) in [4.78, 5) is 0. The Morgan fingerprint density at radius 1 is 0.885 bits per heavy atom. The van der Waals surface area contributed by atoms with Crippen LogP contribution in [0.2, 0.25) is 5.02 Å². The molecule has 0 unspecified atom stereocenters. The van der Waals surface area contributed by atoms with Gasteiger partial charge in [0.1, 0.15) is 6.61 Å². The third-order valence-electron chi connectivity index (χ3n) is 4.32. The molecule has 142 valence electrons. The third kappa shape index (κ3) is 7.27. The summed E-state index contributed by atoms with van der Waals surface area (Å²) in [5.74, 6) is 1.52. The van der Waals surface area contributed by atoms with Crippen molar-refractivity contribution in [2.24, 2.45) is 0 Å². The number of ether oxygens (including phenoxy) is 2. The Hall–Kier alpha value is -1.71. The molecule has 0 saturated carbocycles. The van der Waals surface area contributed by atoms with Crippen LogP contribution in [0.3, 0.4) is 0 Å². The van der Waals surface area contributed by atoms with Gasteiger partial charge in [0, 0.05) is 11.6 Å². The van der Waals surface area contributed by atoms with Crippen LogP contribution in [0.1, 0.15) is 50.2 Å². The van der Waals surface area contributed by atoms with Crippen LogP contribution in [0.4, 0.5) is 0 Å². The number of benzene rings is 2. The van der Waals surface area contributed by atoms with E-state index >= 15 is 0 Å². The monoisotopic (exact) mass is 375 g/mol. The molecule has 0 saturated heterocycles. The second-order valence-electron chi connectivity index (χ2n) is 6.49. The lowest BCUT2D eigenvalue weighted by Crippen LogP contribution is -2.14. The minimum Gasteiger partial charge on any atom is -0.493 e. The molecule has 1 N–H and O–H groups in total. The molecule has 2 aromatic rings. The molecule has 0 amide bonds. The number of hydrogen-bond acceptors (Lipinski definition) is 3. The number of halogens is 1. The normalized spacial score (nSPS) is 10.7. The zero-order chi connectivity index (χ0) is 18.6. The predicted molar refractivity (Wildman–Crippen MR) is 109 cm³/mol. The fraction of sp³-hybridized carbons (Fsp3) is 0.455. The van der Waals surface area contributed by atoms with Gasteiger partial charge in [0.05, 0.1) is 7.11 Å². The van der Waals surface area contributed by atoms with Crippen molar-refractivity contribution in [3.05, 3.63) is 58.6 Å². The molecule has 0 heterocycles. The Labute approximate surface area is 162 Å². The van der Waals surface area contributed by atoms with Crippen molar-refractivity contribution < 1.29 is 9.47 Å². The Bertz CT molecular complexity index is 643. The Balaban J connectivity index is 1.79. The minimum absolute atomic E-state index is 0.489. The minimum atomic E-state index is 0.489. The maximum atomic E-state index is 5.91. The number of unbranched alkanes of at least 4 members (excludes halogenated alkanes) is 4. The van der Waals surface area contributed by atoms with Crippen LogP contribution in [0.15, 0.2) is 42.5 Å². The zero-order valence-electron chi connectivity index (χ0n) is 15.9. The predicted octanol–water partition coefficient (Wildman–Crippen LogP) is 5.99. The first-order valence-electron chi connectivity index (χ1n) is 9.47. The summed E-state index contributed by atoms with van der Waals surface area (Å²) in [6.45, 7) is 4.64. The topological polar surface area (TPSA) is 30.5 Å². The van der Waals surface area contributed by atoms with E-state index in [0.717, 1.165) is 35.2 Å². The molecule has 4 heteroatoms. The van der Waals surface area contributed by atoms with E-state index in [4.69, 9.17) is 21.1 Å². The van der Waals surface area contributed by atoms with Crippen molar-refractivity contribution >= 4 is 11.6 Å². The van der Waals surface area contributed by atoms with Crippen LogP contribution < -0.4 is 14.8 Å². The van der Waals surface area contributed by atoms with Gasteiger partial charge in [-0.1, -0.05) is 62.4 Å². The van der Waals surface area contributed by atoms with E-state index in [-0.39, 0.29) is 0 Å². The van der Waals surface area contributed by atoms with E-state index in [1.807, 2.05) is 36.4 Å². The van der Waals surface area contributed by atoms with E-state index in [1.165, 1.54) is 37.7 Å². The average Bonchev–Trinajstić information content (AvgIpc) is 2.67. The van der Waals surface area contributed by atoms with Gasteiger partial charge in [-0.2, -0.15) is 0 Å². The van der Waals surface area contributed by atoms with Crippen molar-refractivity contribution in [1.82, 2.24) is 5.32 Å². The smallest absolute Gasteiger partial charge is 0.161 e. The first kappa shape index (κ1) is 20.6. The highest BCUT2D eigenvalue weighted by atomic mass is 35.5. The maximum Gasteiger partial charge on any atom is 0.161 e. The van der Waals surface area contributed by atoms with Gasteiger partial charge >= 0.3 is 0 Å². The fourth-order valence-electron chi connectivity index (χ4n) is 2.77. The van der Waals surface area contributed by atoms with E-state index in [9.17, 15) is 0 Å². The molecule has 0 bridgehead atoms. The lowest BCUT2D eigenvalue weighted by molar-refractivity contribution is 0.284. The van der Waals surface area contributed by atoms with Crippen molar-refractivity contribution in [3.63, 3.8) is 0 Å². The molecular formula is C22H30ClNO2. The second-order valence-corrected chi connectivity index (χ2v) is 6.93. The van der Waals surface area contributed by atoms with Gasteiger partial charge in [-0.15, -0.1) is 0 Å². The highest BCUT2D eigenvalue weighted by molar-refractivity contribution is 6.30. The summed E-state index contributed by atoms with van der Waals surface area (Å²) in [7, 11) is 1.68. The zero-order valence-corrected chi connectivity index (χ0v) is 16.6. The molecule has 0 fully saturated rings. The van der Waals surface area contributed by atoms with Gasteiger partial charge in [-0.25, -0.2) is 0 Å². The van der Waals surface area contributed by atoms with E-state index in [1.54, 1.807) is 7.11 Å². The van der Waals surface area contributed by atoms with Crippen LogP contribution in [0.5, 0.6) is 11.5 Å². The molecule has 0 aliphatic rings. The van der Waals surface area contributed by atoms with Crippen molar-refractivity contribution in [2.75, 3.05) is 13.7 Å². The summed E-state index contributed by atoms with van der Waals surface area (Å²) in [6.07, 6.45) is 6.51. The quantitative estimate of drug-likeness (QED) is 0.462. The van der Waals surface area contributed by atoms with Crippen LogP contribution >= 0.6 is 11.6 Å². The van der Waals surface area contributed by atoms with Crippen LogP contribution in [-0.2, 0) is 13.2 Å². The highest BCUT2D eigenvalue weighted by Gasteiger charge is 2.06. The van der Waals surface area contributed by atoms with Crippen molar-refractivity contribution in [3.8, 4) is 11.5 Å². The number of nitrogens with one attached hydrogen (secondary N) is 1. The summed E-state index contributed by atoms with van der Waals surface area (Å²) >= 11 is 5.91. The standard InChI is InChI=1S/C22H30ClNO2/c1-3-4-5-6-7-14-24-16-19-10-13-21(22(15-19)25-2)26-17-18-8-11-20(23)12-9-18/h8-13,15,24H,3-7,14,16-17H2,1-2H3. The molecule has 26 heavy (non-hydrogen) atoms. The molecule has 0 spiro atoms. The molecule has 0 radical (unpaired) electrons. The third-order valence-corrected chi connectivity index (χ3v) is 4.57. The Morgan fingerprint density at radius 2 is 1.62 bits per heavy atom. The molecule has 0 aliphatic carbocycles. The summed E-state index contributed by atoms with van der Waals surface area (Å²) in [5.41, 5.74) is 2.28. The van der Waals surface area contributed by atoms with Gasteiger partial charge in [0.15, 0.2) is 11.5 Å². The lowest BCUT2D eigenvalue weighted by atomic mass is 10.1. The fourth-order valence-corrected chi connectivity index (χ4v) is 2.90. The van der Waals surface area contributed by atoms with Crippen LogP contribution in [0.25, 0.3) is 0 Å². The first-order valence-corrected chi connectivity index (χ1v) is 9.85. The summed E-state index contributed by atoms with van der Waals surface area (Å²) < 4.78 is 11.4. The van der Waals surface area contributed by atoms with E-state index in [0.29, 0.717) is 6.61 Å². The Morgan fingerprint density at radius 3 is 2.35 bits per heavy atom. The SMILES string of the molecule is CCCCCCCNCc1ccc(OCc2ccc(Cl)cc2)c(OC)c1. The van der Waals surface area contributed by atoms with Gasteiger partial charge in [0.2, 0.25) is 0 Å². The largest absolute Gasteiger partial charge is 0.493 e. The van der Waals surface area contributed by atoms with E-state index < -0.39 is 0 Å². The number of methoxy groups -OCH3 is 1. The van der Waals surface area contributed by atoms with E-state index in [2.05, 4.69) is 18.3 Å². The molecule has 2 rings (SSSR count). The Kier molecular flexibility index (Phi) is 9.36. The van der Waals surface area contributed by atoms with Crippen molar-refractivity contribution in [2.45, 2.75) is 52.2 Å². The molecule has 0 aliphatic heterocycles. The highest BCUT2D eigenvalue weighted by Crippen LogP contribution is 2.29. The summed E-state index contributed by atoms with van der Waals surface area (Å²) in [5, 5.41) is 4.23. The van der Waals surface area contributed by atoms with Crippen LogP contribution in [-0.4, -0.2) is 13.7 Å². The molecule has 2 aromatic carbocycles. The lowest BCUT2D eigenvalue weighted by Gasteiger charge is -2.13. The second kappa shape index (κ2) is 11.8. The maximum absolute atomic E-state index is 5.91. The molecular weight excluding hydrogens is 346 g/mol. The molecule has 3 nitrogen and oxygen atoms in total. The summed E-state index contributed by atoms with van der Waals surface area (Å²) in [6, 6.07) is 13.8. The van der Waals surface area contributed by atoms with Gasteiger partial charge in [-0.05, 0) is 48.4 Å².